The van der Waals surface area contributed by atoms with Crippen molar-refractivity contribution in [3.05, 3.63) is 0 Å². The summed E-state index contributed by atoms with van der Waals surface area (Å²) in [6.45, 7) is 7.47. The van der Waals surface area contributed by atoms with Crippen LogP contribution in [0.25, 0.3) is 0 Å². The molecule has 0 aromatic rings. The van der Waals surface area contributed by atoms with E-state index in [4.69, 9.17) is 4.84 Å². The van der Waals surface area contributed by atoms with Gasteiger partial charge in [-0.2, -0.15) is 0 Å². The Morgan fingerprint density at radius 3 is 2.53 bits per heavy atom. The van der Waals surface area contributed by atoms with E-state index in [-0.39, 0.29) is 12.0 Å². The first kappa shape index (κ1) is 22.6. The Kier molecular flexibility index (Phi) is 6.31. The molecule has 4 nitrogen and oxygen atoms in total. The van der Waals surface area contributed by atoms with Crippen molar-refractivity contribution in [2.75, 3.05) is 14.2 Å². The zero-order chi connectivity index (χ0) is 21.7. The normalized spacial score (nSPS) is 46.5. The molecule has 0 aromatic carbocycles. The molecule has 1 amide bonds. The first-order valence-corrected chi connectivity index (χ1v) is 12.7. The zero-order valence-electron chi connectivity index (χ0n) is 20.0. The SMILES string of the molecule is CON(C)C(=O)CCC(C)C1CCC2C3C[C@H](O)C4CCCCC4(C)C3CCC12C. The number of nitrogens with zero attached hydrogens (tertiary/aromatic N) is 1. The summed E-state index contributed by atoms with van der Waals surface area (Å²) >= 11 is 0. The van der Waals surface area contributed by atoms with E-state index in [2.05, 4.69) is 20.8 Å². The van der Waals surface area contributed by atoms with E-state index in [1.54, 1.807) is 14.2 Å². The molecule has 4 saturated carbocycles. The molecule has 4 aliphatic carbocycles. The zero-order valence-corrected chi connectivity index (χ0v) is 20.0. The Morgan fingerprint density at radius 2 is 1.80 bits per heavy atom. The number of aliphatic hydroxyl groups excluding tert-OH is 1. The third kappa shape index (κ3) is 3.54. The van der Waals surface area contributed by atoms with Gasteiger partial charge in [-0.3, -0.25) is 9.63 Å². The van der Waals surface area contributed by atoms with Crippen LogP contribution in [0.15, 0.2) is 0 Å². The second-order valence-electron chi connectivity index (χ2n) is 11.9. The fourth-order valence-electron chi connectivity index (χ4n) is 9.14. The van der Waals surface area contributed by atoms with Crippen molar-refractivity contribution in [2.24, 2.45) is 46.3 Å². The predicted molar refractivity (Wildman–Crippen MR) is 119 cm³/mol. The standard InChI is InChI=1S/C26H45NO3/c1-17(9-12-24(29)27(4)30-5)19-10-11-20-18-16-23(28)22-8-6-7-14-25(22,2)21(18)13-15-26(19,20)3/h17-23,28H,6-16H2,1-5H3/t17?,18?,19?,20?,21?,22?,23-,25?,26?/m0/s1. The molecule has 0 spiro atoms. The number of carbonyl (C=O) groups is 1. The van der Waals surface area contributed by atoms with Gasteiger partial charge in [0.1, 0.15) is 0 Å². The average molecular weight is 420 g/mol. The molecule has 0 radical (unpaired) electrons. The van der Waals surface area contributed by atoms with E-state index in [0.29, 0.717) is 40.9 Å². The van der Waals surface area contributed by atoms with Gasteiger partial charge in [0.2, 0.25) is 5.91 Å². The summed E-state index contributed by atoms with van der Waals surface area (Å²) in [6.07, 6.45) is 13.1. The van der Waals surface area contributed by atoms with Crippen LogP contribution in [0.3, 0.4) is 0 Å². The second-order valence-corrected chi connectivity index (χ2v) is 11.9. The molecule has 9 atom stereocenters. The first-order chi connectivity index (χ1) is 14.2. The lowest BCUT2D eigenvalue weighted by molar-refractivity contribution is -0.169. The Labute approximate surface area is 184 Å². The monoisotopic (exact) mass is 419 g/mol. The minimum atomic E-state index is -0.0856. The Bertz CT molecular complexity index is 638. The molecule has 8 unspecified atom stereocenters. The number of hydroxylamine groups is 2. The second kappa shape index (κ2) is 8.39. The van der Waals surface area contributed by atoms with Gasteiger partial charge < -0.3 is 5.11 Å². The fourth-order valence-corrected chi connectivity index (χ4v) is 9.14. The highest BCUT2D eigenvalue weighted by atomic mass is 16.7. The minimum absolute atomic E-state index is 0.0828. The molecule has 0 heterocycles. The molecule has 0 aliphatic heterocycles. The fraction of sp³-hybridized carbons (Fsp3) is 0.962. The molecule has 0 bridgehead atoms. The average Bonchev–Trinajstić information content (AvgIpc) is 3.08. The topological polar surface area (TPSA) is 49.8 Å². The van der Waals surface area contributed by atoms with Gasteiger partial charge in [0.05, 0.1) is 13.2 Å². The van der Waals surface area contributed by atoms with E-state index < -0.39 is 0 Å². The number of hydrogen-bond acceptors (Lipinski definition) is 3. The Balaban J connectivity index is 1.47. The maximum Gasteiger partial charge on any atom is 0.245 e. The van der Waals surface area contributed by atoms with Crippen LogP contribution < -0.4 is 0 Å². The van der Waals surface area contributed by atoms with Crippen molar-refractivity contribution in [2.45, 2.75) is 97.5 Å². The molecule has 4 rings (SSSR count). The summed E-state index contributed by atoms with van der Waals surface area (Å²) in [7, 11) is 3.26. The highest BCUT2D eigenvalue weighted by molar-refractivity contribution is 5.74. The summed E-state index contributed by atoms with van der Waals surface area (Å²) in [4.78, 5) is 17.3. The van der Waals surface area contributed by atoms with E-state index >= 15 is 0 Å². The summed E-state index contributed by atoms with van der Waals surface area (Å²) in [5.41, 5.74) is 0.747. The molecule has 4 aliphatic rings. The molecule has 0 saturated heterocycles. The van der Waals surface area contributed by atoms with Crippen LogP contribution in [0.1, 0.15) is 91.4 Å². The largest absolute Gasteiger partial charge is 0.393 e. The van der Waals surface area contributed by atoms with E-state index in [9.17, 15) is 9.90 Å². The van der Waals surface area contributed by atoms with Gasteiger partial charge in [0.25, 0.3) is 0 Å². The first-order valence-electron chi connectivity index (χ1n) is 12.7. The van der Waals surface area contributed by atoms with Gasteiger partial charge in [-0.1, -0.05) is 33.6 Å². The highest BCUT2D eigenvalue weighted by Crippen LogP contribution is 2.68. The maximum absolute atomic E-state index is 12.2. The van der Waals surface area contributed by atoms with E-state index in [1.165, 1.54) is 56.4 Å². The van der Waals surface area contributed by atoms with E-state index in [0.717, 1.165) is 24.7 Å². The summed E-state index contributed by atoms with van der Waals surface area (Å²) in [5.74, 6) is 4.17. The summed E-state index contributed by atoms with van der Waals surface area (Å²) < 4.78 is 0. The number of fused-ring (bicyclic) bond motifs is 5. The van der Waals surface area contributed by atoms with Gasteiger partial charge in [-0.15, -0.1) is 0 Å². The molecule has 30 heavy (non-hydrogen) atoms. The van der Waals surface area contributed by atoms with Crippen molar-refractivity contribution in [3.8, 4) is 0 Å². The molecule has 172 valence electrons. The molecule has 1 N–H and O–H groups in total. The van der Waals surface area contributed by atoms with Crippen molar-refractivity contribution in [1.29, 1.82) is 0 Å². The molecule has 0 aromatic heterocycles. The van der Waals surface area contributed by atoms with Gasteiger partial charge in [-0.25, -0.2) is 5.06 Å². The third-order valence-corrected chi connectivity index (χ3v) is 10.8. The third-order valence-electron chi connectivity index (χ3n) is 10.8. The lowest BCUT2D eigenvalue weighted by Crippen LogP contribution is -2.57. The number of rotatable bonds is 5. The minimum Gasteiger partial charge on any atom is -0.393 e. The number of carbonyl (C=O) groups excluding carboxylic acids is 1. The molecule has 4 fully saturated rings. The van der Waals surface area contributed by atoms with Crippen molar-refractivity contribution < 1.29 is 14.7 Å². The molecular formula is C26H45NO3. The van der Waals surface area contributed by atoms with Crippen LogP contribution in [-0.2, 0) is 9.63 Å². The van der Waals surface area contributed by atoms with Crippen molar-refractivity contribution in [1.82, 2.24) is 5.06 Å². The molecule has 4 heteroatoms. The quantitative estimate of drug-likeness (QED) is 0.604. The van der Waals surface area contributed by atoms with Gasteiger partial charge in [0.15, 0.2) is 0 Å². The van der Waals surface area contributed by atoms with Crippen molar-refractivity contribution >= 4 is 5.91 Å². The van der Waals surface area contributed by atoms with Crippen LogP contribution >= 0.6 is 0 Å². The van der Waals surface area contributed by atoms with Gasteiger partial charge in [0, 0.05) is 13.5 Å². The number of hydrogen-bond donors (Lipinski definition) is 1. The summed E-state index contributed by atoms with van der Waals surface area (Å²) in [5, 5.41) is 12.5. The van der Waals surface area contributed by atoms with Gasteiger partial charge >= 0.3 is 0 Å². The maximum atomic E-state index is 12.2. The van der Waals surface area contributed by atoms with Crippen LogP contribution in [0, 0.1) is 46.3 Å². The highest BCUT2D eigenvalue weighted by Gasteiger charge is 2.61. The van der Waals surface area contributed by atoms with Gasteiger partial charge in [-0.05, 0) is 97.7 Å². The lowest BCUT2D eigenvalue weighted by Gasteiger charge is -2.62. The molecular weight excluding hydrogens is 374 g/mol. The Hall–Kier alpha value is -0.610. The van der Waals surface area contributed by atoms with Crippen LogP contribution in [-0.4, -0.2) is 36.3 Å². The van der Waals surface area contributed by atoms with Crippen LogP contribution in [0.5, 0.6) is 0 Å². The van der Waals surface area contributed by atoms with E-state index in [1.807, 2.05) is 0 Å². The Morgan fingerprint density at radius 1 is 1.07 bits per heavy atom. The summed E-state index contributed by atoms with van der Waals surface area (Å²) in [6, 6.07) is 0. The number of amides is 1. The smallest absolute Gasteiger partial charge is 0.245 e. The lowest BCUT2D eigenvalue weighted by atomic mass is 9.44. The van der Waals surface area contributed by atoms with Crippen LogP contribution in [0.2, 0.25) is 0 Å². The predicted octanol–water partition coefficient (Wildman–Crippen LogP) is 5.44. The number of aliphatic hydroxyl groups is 1. The van der Waals surface area contributed by atoms with Crippen molar-refractivity contribution in [3.63, 3.8) is 0 Å². The van der Waals surface area contributed by atoms with Crippen LogP contribution in [0.4, 0.5) is 0 Å².